The highest BCUT2D eigenvalue weighted by Crippen LogP contribution is 2.24. The quantitative estimate of drug-likeness (QED) is 0.783. The Balaban J connectivity index is 1.87. The molecule has 0 amide bonds. The topological polar surface area (TPSA) is 41.9 Å². The summed E-state index contributed by atoms with van der Waals surface area (Å²) < 4.78 is 10.5. The fourth-order valence-corrected chi connectivity index (χ4v) is 2.80. The van der Waals surface area contributed by atoms with Crippen LogP contribution in [0.5, 0.6) is 5.75 Å². The lowest BCUT2D eigenvalue weighted by Crippen LogP contribution is -2.42. The lowest BCUT2D eigenvalue weighted by atomic mass is 9.93. The van der Waals surface area contributed by atoms with Crippen LogP contribution in [0.2, 0.25) is 0 Å². The monoisotopic (exact) mass is 293 g/mol. The van der Waals surface area contributed by atoms with Gasteiger partial charge in [-0.05, 0) is 43.4 Å². The molecule has 0 bridgehead atoms. The molecule has 1 N–H and O–H groups in total. The first-order valence-electron chi connectivity index (χ1n) is 7.78. The number of nitrogens with zero attached hydrogens (tertiary/aromatic N) is 1. The van der Waals surface area contributed by atoms with E-state index in [1.165, 1.54) is 12.0 Å². The van der Waals surface area contributed by atoms with Gasteiger partial charge in [-0.25, -0.2) is 0 Å². The van der Waals surface area contributed by atoms with Crippen LogP contribution in [0.4, 0.5) is 0 Å². The second-order valence-corrected chi connectivity index (χ2v) is 5.89. The van der Waals surface area contributed by atoms with Crippen molar-refractivity contribution in [2.45, 2.75) is 32.4 Å². The average molecular weight is 293 g/mol. The zero-order chi connectivity index (χ0) is 15.1. The molecule has 1 fully saturated rings. The van der Waals surface area contributed by atoms with Crippen LogP contribution in [0, 0.1) is 5.92 Å². The first-order valence-corrected chi connectivity index (χ1v) is 7.78. The number of aliphatic hydroxyl groups is 1. The summed E-state index contributed by atoms with van der Waals surface area (Å²) >= 11 is 0. The molecule has 118 valence electrons. The van der Waals surface area contributed by atoms with E-state index in [-0.39, 0.29) is 0 Å². The number of ether oxygens (including phenoxy) is 2. The minimum Gasteiger partial charge on any atom is -0.491 e. The molecule has 2 rings (SSSR count). The third kappa shape index (κ3) is 4.99. The molecule has 4 nitrogen and oxygen atoms in total. The van der Waals surface area contributed by atoms with Crippen molar-refractivity contribution in [3.63, 3.8) is 0 Å². The van der Waals surface area contributed by atoms with Crippen molar-refractivity contribution in [2.75, 3.05) is 33.5 Å². The van der Waals surface area contributed by atoms with Crippen LogP contribution in [-0.4, -0.2) is 49.5 Å². The predicted octanol–water partition coefficient (Wildman–Crippen LogP) is 2.30. The van der Waals surface area contributed by atoms with Crippen molar-refractivity contribution in [1.29, 1.82) is 0 Å². The second-order valence-electron chi connectivity index (χ2n) is 5.89. The fourth-order valence-electron chi connectivity index (χ4n) is 2.80. The zero-order valence-electron chi connectivity index (χ0n) is 13.1. The maximum Gasteiger partial charge on any atom is 0.119 e. The van der Waals surface area contributed by atoms with Crippen LogP contribution in [0.3, 0.4) is 0 Å². The number of hydrogen-bond donors (Lipinski definition) is 1. The molecule has 0 aliphatic carbocycles. The van der Waals surface area contributed by atoms with E-state index in [1.54, 1.807) is 7.11 Å². The Hall–Kier alpha value is -1.10. The number of rotatable bonds is 7. The van der Waals surface area contributed by atoms with E-state index in [0.29, 0.717) is 31.8 Å². The van der Waals surface area contributed by atoms with E-state index in [1.807, 2.05) is 12.1 Å². The van der Waals surface area contributed by atoms with Gasteiger partial charge in [0.15, 0.2) is 0 Å². The minimum atomic E-state index is 0.301. The summed E-state index contributed by atoms with van der Waals surface area (Å²) in [6.07, 6.45) is 2.31. The molecule has 1 aromatic rings. The molecule has 0 radical (unpaired) electrons. The van der Waals surface area contributed by atoms with Crippen LogP contribution in [0.1, 0.15) is 25.3 Å². The fraction of sp³-hybridized carbons (Fsp3) is 0.647. The van der Waals surface area contributed by atoms with Crippen LogP contribution in [-0.2, 0) is 11.3 Å². The van der Waals surface area contributed by atoms with E-state index in [2.05, 4.69) is 24.0 Å². The summed E-state index contributed by atoms with van der Waals surface area (Å²) in [5.74, 6) is 1.31. The first-order chi connectivity index (χ1) is 10.2. The first kappa shape index (κ1) is 16.3. The molecule has 1 aromatic carbocycles. The van der Waals surface area contributed by atoms with Crippen LogP contribution >= 0.6 is 0 Å². The standard InChI is InChI=1S/C17H27NO3/c1-14-3-4-16(13-19)12-18(14)11-15-5-7-17(8-6-15)21-10-9-20-2/h5-8,14,16,19H,3-4,9-13H2,1-2H3. The number of methoxy groups -OCH3 is 1. The smallest absolute Gasteiger partial charge is 0.119 e. The third-order valence-corrected chi connectivity index (χ3v) is 4.23. The number of hydrogen-bond acceptors (Lipinski definition) is 4. The summed E-state index contributed by atoms with van der Waals surface area (Å²) in [4.78, 5) is 2.46. The van der Waals surface area contributed by atoms with Gasteiger partial charge in [-0.15, -0.1) is 0 Å². The maximum atomic E-state index is 9.35. The lowest BCUT2D eigenvalue weighted by molar-refractivity contribution is 0.0771. The van der Waals surface area contributed by atoms with Crippen molar-refractivity contribution < 1.29 is 14.6 Å². The molecular formula is C17H27NO3. The van der Waals surface area contributed by atoms with Crippen LogP contribution < -0.4 is 4.74 Å². The van der Waals surface area contributed by atoms with Crippen molar-refractivity contribution in [2.24, 2.45) is 5.92 Å². The Morgan fingerprint density at radius 3 is 2.62 bits per heavy atom. The van der Waals surface area contributed by atoms with Gasteiger partial charge in [-0.2, -0.15) is 0 Å². The Labute approximate surface area is 127 Å². The number of piperidine rings is 1. The summed E-state index contributed by atoms with van der Waals surface area (Å²) in [5.41, 5.74) is 1.29. The van der Waals surface area contributed by atoms with Gasteiger partial charge in [0, 0.05) is 32.8 Å². The molecule has 2 unspecified atom stereocenters. The van der Waals surface area contributed by atoms with Crippen LogP contribution in [0.15, 0.2) is 24.3 Å². The van der Waals surface area contributed by atoms with E-state index in [9.17, 15) is 5.11 Å². The van der Waals surface area contributed by atoms with Gasteiger partial charge in [0.2, 0.25) is 0 Å². The summed E-state index contributed by atoms with van der Waals surface area (Å²) in [6.45, 7) is 5.69. The third-order valence-electron chi connectivity index (χ3n) is 4.23. The van der Waals surface area contributed by atoms with E-state index < -0.39 is 0 Å². The molecule has 2 atom stereocenters. The summed E-state index contributed by atoms with van der Waals surface area (Å²) in [7, 11) is 1.67. The molecule has 1 heterocycles. The summed E-state index contributed by atoms with van der Waals surface area (Å²) in [6, 6.07) is 8.87. The molecule has 0 aromatic heterocycles. The normalized spacial score (nSPS) is 23.2. The largest absolute Gasteiger partial charge is 0.491 e. The van der Waals surface area contributed by atoms with Crippen molar-refractivity contribution in [1.82, 2.24) is 4.90 Å². The zero-order valence-corrected chi connectivity index (χ0v) is 13.1. The highest BCUT2D eigenvalue weighted by molar-refractivity contribution is 5.27. The van der Waals surface area contributed by atoms with Gasteiger partial charge in [-0.1, -0.05) is 12.1 Å². The van der Waals surface area contributed by atoms with Gasteiger partial charge < -0.3 is 14.6 Å². The van der Waals surface area contributed by atoms with Gasteiger partial charge in [0.05, 0.1) is 6.61 Å². The molecule has 1 aliphatic heterocycles. The second kappa shape index (κ2) is 8.37. The Kier molecular flexibility index (Phi) is 6.49. The molecule has 21 heavy (non-hydrogen) atoms. The predicted molar refractivity (Wildman–Crippen MR) is 83.5 cm³/mol. The lowest BCUT2D eigenvalue weighted by Gasteiger charge is -2.37. The van der Waals surface area contributed by atoms with E-state index >= 15 is 0 Å². The minimum absolute atomic E-state index is 0.301. The molecule has 1 saturated heterocycles. The van der Waals surface area contributed by atoms with Crippen LogP contribution in [0.25, 0.3) is 0 Å². The summed E-state index contributed by atoms with van der Waals surface area (Å²) in [5, 5.41) is 9.35. The molecule has 0 saturated carbocycles. The van der Waals surface area contributed by atoms with Gasteiger partial charge in [0.25, 0.3) is 0 Å². The van der Waals surface area contributed by atoms with Crippen molar-refractivity contribution in [3.05, 3.63) is 29.8 Å². The molecule has 0 spiro atoms. The molecular weight excluding hydrogens is 266 g/mol. The highest BCUT2D eigenvalue weighted by atomic mass is 16.5. The average Bonchev–Trinajstić information content (AvgIpc) is 2.51. The van der Waals surface area contributed by atoms with Crippen molar-refractivity contribution >= 4 is 0 Å². The van der Waals surface area contributed by atoms with Crippen molar-refractivity contribution in [3.8, 4) is 5.75 Å². The van der Waals surface area contributed by atoms with Gasteiger partial charge in [-0.3, -0.25) is 4.90 Å². The van der Waals surface area contributed by atoms with E-state index in [4.69, 9.17) is 9.47 Å². The molecule has 4 heteroatoms. The number of likely N-dealkylation sites (tertiary alicyclic amines) is 1. The highest BCUT2D eigenvalue weighted by Gasteiger charge is 2.24. The Bertz CT molecular complexity index is 407. The Morgan fingerprint density at radius 1 is 1.19 bits per heavy atom. The maximum absolute atomic E-state index is 9.35. The van der Waals surface area contributed by atoms with E-state index in [0.717, 1.165) is 25.3 Å². The SMILES string of the molecule is COCCOc1ccc(CN2CC(CO)CCC2C)cc1. The molecule has 1 aliphatic rings. The number of aliphatic hydroxyl groups excluding tert-OH is 1. The Morgan fingerprint density at radius 2 is 1.95 bits per heavy atom. The van der Waals surface area contributed by atoms with Gasteiger partial charge in [0.1, 0.15) is 12.4 Å². The van der Waals surface area contributed by atoms with Gasteiger partial charge >= 0.3 is 0 Å². The number of benzene rings is 1.